The summed E-state index contributed by atoms with van der Waals surface area (Å²) in [6.45, 7) is 1.71. The molecule has 10 heteroatoms. The predicted molar refractivity (Wildman–Crippen MR) is 109 cm³/mol. The number of nitrogens with zero attached hydrogens (tertiary/aromatic N) is 5. The summed E-state index contributed by atoms with van der Waals surface area (Å²) < 4.78 is 12.3. The molecule has 0 unspecified atom stereocenters. The quantitative estimate of drug-likeness (QED) is 0.467. The second-order valence-corrected chi connectivity index (χ2v) is 7.26. The fourth-order valence-electron chi connectivity index (χ4n) is 2.97. The van der Waals surface area contributed by atoms with E-state index in [2.05, 4.69) is 15.3 Å². The number of hydrogen-bond acceptors (Lipinski definition) is 8. The van der Waals surface area contributed by atoms with Gasteiger partial charge in [-0.2, -0.15) is 9.78 Å². The highest BCUT2D eigenvalue weighted by Gasteiger charge is 2.23. The molecule has 4 rings (SSSR count). The van der Waals surface area contributed by atoms with Crippen molar-refractivity contribution in [3.05, 3.63) is 57.6 Å². The van der Waals surface area contributed by atoms with Crippen LogP contribution in [0.4, 0.5) is 5.69 Å². The van der Waals surface area contributed by atoms with E-state index in [1.54, 1.807) is 44.0 Å². The van der Waals surface area contributed by atoms with Gasteiger partial charge in [0, 0.05) is 34.6 Å². The van der Waals surface area contributed by atoms with E-state index < -0.39 is 0 Å². The van der Waals surface area contributed by atoms with Crippen molar-refractivity contribution in [2.75, 3.05) is 20.0 Å². The van der Waals surface area contributed by atoms with Crippen LogP contribution in [0.5, 0.6) is 11.5 Å². The first-order valence-corrected chi connectivity index (χ1v) is 9.63. The van der Waals surface area contributed by atoms with Crippen LogP contribution in [0.3, 0.4) is 0 Å². The smallest absolute Gasteiger partial charge is 0.272 e. The van der Waals surface area contributed by atoms with E-state index in [1.807, 2.05) is 18.2 Å². The molecule has 1 aliphatic heterocycles. The topological polar surface area (TPSA) is 105 Å². The lowest BCUT2D eigenvalue weighted by Gasteiger charge is -2.14. The molecule has 0 atom stereocenters. The van der Waals surface area contributed by atoms with Crippen molar-refractivity contribution in [1.29, 1.82) is 0 Å². The first kappa shape index (κ1) is 18.9. The molecular weight excluding hydrogens is 394 g/mol. The Morgan fingerprint density at radius 3 is 2.45 bits per heavy atom. The van der Waals surface area contributed by atoms with Gasteiger partial charge >= 0.3 is 0 Å². The van der Waals surface area contributed by atoms with Crippen LogP contribution in [0, 0.1) is 17.0 Å². The zero-order valence-electron chi connectivity index (χ0n) is 15.9. The van der Waals surface area contributed by atoms with Crippen LogP contribution < -0.4 is 9.47 Å². The number of nitro groups is 1. The van der Waals surface area contributed by atoms with E-state index in [1.165, 1.54) is 11.8 Å². The minimum atomic E-state index is -0.381. The van der Waals surface area contributed by atoms with Crippen molar-refractivity contribution in [3.8, 4) is 22.9 Å². The molecule has 2 aromatic carbocycles. The molecule has 1 aliphatic rings. The van der Waals surface area contributed by atoms with Crippen LogP contribution in [-0.4, -0.2) is 45.5 Å². The number of hydrogen-bond donors (Lipinski definition) is 0. The van der Waals surface area contributed by atoms with Gasteiger partial charge in [-0.3, -0.25) is 10.1 Å². The van der Waals surface area contributed by atoms with Crippen molar-refractivity contribution in [2.24, 2.45) is 5.10 Å². The molecule has 0 bridgehead atoms. The van der Waals surface area contributed by atoms with Gasteiger partial charge in [0.25, 0.3) is 5.69 Å². The molecule has 0 spiro atoms. The van der Waals surface area contributed by atoms with Gasteiger partial charge in [-0.25, -0.2) is 0 Å². The van der Waals surface area contributed by atoms with Gasteiger partial charge in [-0.1, -0.05) is 23.9 Å². The van der Waals surface area contributed by atoms with Crippen molar-refractivity contribution >= 4 is 23.2 Å². The Labute approximate surface area is 170 Å². The summed E-state index contributed by atoms with van der Waals surface area (Å²) in [5.41, 5.74) is 2.82. The second-order valence-electron chi connectivity index (χ2n) is 6.31. The predicted octanol–water partition coefficient (Wildman–Crippen LogP) is 3.54. The third-order valence-electron chi connectivity index (χ3n) is 4.52. The zero-order chi connectivity index (χ0) is 20.5. The average Bonchev–Trinajstić information content (AvgIpc) is 3.16. The molecule has 0 aliphatic carbocycles. The van der Waals surface area contributed by atoms with E-state index in [4.69, 9.17) is 9.47 Å². The normalized spacial score (nSPS) is 12.9. The average molecular weight is 411 g/mol. The molecule has 3 aromatic rings. The highest BCUT2D eigenvalue weighted by molar-refractivity contribution is 7.99. The lowest BCUT2D eigenvalue weighted by Crippen LogP contribution is -2.14. The molecule has 29 heavy (non-hydrogen) atoms. The maximum atomic E-state index is 11.3. The monoisotopic (exact) mass is 411 g/mol. The summed E-state index contributed by atoms with van der Waals surface area (Å²) >= 11 is 1.47. The van der Waals surface area contributed by atoms with Gasteiger partial charge in [0.1, 0.15) is 11.5 Å². The summed E-state index contributed by atoms with van der Waals surface area (Å²) in [4.78, 5) is 10.9. The largest absolute Gasteiger partial charge is 0.497 e. The fraction of sp³-hybridized carbons (Fsp3) is 0.211. The SMILES string of the molecule is COc1cc(OC)cc(-c2nnc3n2N=C(c2ccc(C)c([N+](=O)[O-])c2)CS3)c1. The maximum absolute atomic E-state index is 11.3. The molecule has 0 radical (unpaired) electrons. The van der Waals surface area contributed by atoms with Crippen molar-refractivity contribution in [2.45, 2.75) is 12.1 Å². The van der Waals surface area contributed by atoms with E-state index in [9.17, 15) is 10.1 Å². The molecule has 0 saturated heterocycles. The van der Waals surface area contributed by atoms with Crippen LogP contribution >= 0.6 is 11.8 Å². The van der Waals surface area contributed by atoms with Crippen molar-refractivity contribution in [3.63, 3.8) is 0 Å². The lowest BCUT2D eigenvalue weighted by molar-refractivity contribution is -0.385. The third-order valence-corrected chi connectivity index (χ3v) is 5.45. The van der Waals surface area contributed by atoms with Gasteiger partial charge < -0.3 is 9.47 Å². The van der Waals surface area contributed by atoms with E-state index in [-0.39, 0.29) is 10.6 Å². The highest BCUT2D eigenvalue weighted by Crippen LogP contribution is 2.33. The number of fused-ring (bicyclic) bond motifs is 1. The summed E-state index contributed by atoms with van der Waals surface area (Å²) in [6, 6.07) is 10.5. The molecule has 0 amide bonds. The molecule has 0 saturated carbocycles. The fourth-order valence-corrected chi connectivity index (χ4v) is 3.81. The number of rotatable bonds is 5. The van der Waals surface area contributed by atoms with Gasteiger partial charge in [0.2, 0.25) is 5.16 Å². The van der Waals surface area contributed by atoms with Crippen LogP contribution in [-0.2, 0) is 0 Å². The second kappa shape index (κ2) is 7.55. The highest BCUT2D eigenvalue weighted by atomic mass is 32.2. The molecule has 1 aromatic heterocycles. The molecule has 2 heterocycles. The van der Waals surface area contributed by atoms with Gasteiger partial charge in [0.05, 0.1) is 24.9 Å². The van der Waals surface area contributed by atoms with Crippen molar-refractivity contribution in [1.82, 2.24) is 14.9 Å². The zero-order valence-corrected chi connectivity index (χ0v) is 16.8. The minimum Gasteiger partial charge on any atom is -0.497 e. The Balaban J connectivity index is 1.80. The summed E-state index contributed by atoms with van der Waals surface area (Å²) in [7, 11) is 3.16. The van der Waals surface area contributed by atoms with Crippen LogP contribution in [0.2, 0.25) is 0 Å². The van der Waals surface area contributed by atoms with Crippen LogP contribution in [0.25, 0.3) is 11.4 Å². The standard InChI is InChI=1S/C19H17N5O4S/c1-11-4-5-12(8-17(11)24(25)26)16-10-29-19-21-20-18(23(19)22-16)13-6-14(27-2)9-15(7-13)28-3/h4-9H,10H2,1-3H3. The van der Waals surface area contributed by atoms with Gasteiger partial charge in [0.15, 0.2) is 5.82 Å². The molecule has 9 nitrogen and oxygen atoms in total. The molecular formula is C19H17N5O4S. The van der Waals surface area contributed by atoms with Crippen LogP contribution in [0.15, 0.2) is 46.7 Å². The number of methoxy groups -OCH3 is 2. The number of thioether (sulfide) groups is 1. The molecule has 148 valence electrons. The minimum absolute atomic E-state index is 0.0718. The first-order chi connectivity index (χ1) is 14.0. The van der Waals surface area contributed by atoms with Gasteiger partial charge in [-0.05, 0) is 19.1 Å². The Kier molecular flexibility index (Phi) is 4.93. The molecule has 0 N–H and O–H groups in total. The maximum Gasteiger partial charge on any atom is 0.272 e. The van der Waals surface area contributed by atoms with E-state index >= 15 is 0 Å². The van der Waals surface area contributed by atoms with E-state index in [0.717, 1.165) is 5.56 Å². The number of ether oxygens (including phenoxy) is 2. The summed E-state index contributed by atoms with van der Waals surface area (Å²) in [5, 5.41) is 25.1. The third kappa shape index (κ3) is 3.54. The first-order valence-electron chi connectivity index (χ1n) is 8.65. The lowest BCUT2D eigenvalue weighted by atomic mass is 10.1. The number of benzene rings is 2. The number of aromatic nitrogens is 3. The summed E-state index contributed by atoms with van der Waals surface area (Å²) in [5.74, 6) is 2.32. The Hall–Kier alpha value is -3.40. The Morgan fingerprint density at radius 1 is 1.07 bits per heavy atom. The Bertz CT molecular complexity index is 1120. The van der Waals surface area contributed by atoms with Crippen LogP contribution in [0.1, 0.15) is 11.1 Å². The summed E-state index contributed by atoms with van der Waals surface area (Å²) in [6.07, 6.45) is 0. The van der Waals surface area contributed by atoms with E-state index in [0.29, 0.717) is 45.1 Å². The van der Waals surface area contributed by atoms with Crippen molar-refractivity contribution < 1.29 is 14.4 Å². The number of aryl methyl sites for hydroxylation is 1. The van der Waals surface area contributed by atoms with Gasteiger partial charge in [-0.15, -0.1) is 10.2 Å². The molecule has 0 fully saturated rings. The number of nitro benzene ring substituents is 1. The Morgan fingerprint density at radius 2 is 1.79 bits per heavy atom.